The first-order valence-electron chi connectivity index (χ1n) is 6.20. The number of carbonyl (C=O) groups excluding carboxylic acids is 2. The number of esters is 1. The van der Waals surface area contributed by atoms with Gasteiger partial charge in [-0.3, -0.25) is 4.79 Å². The van der Waals surface area contributed by atoms with Gasteiger partial charge in [-0.2, -0.15) is 0 Å². The molecule has 0 heterocycles. The van der Waals surface area contributed by atoms with Crippen LogP contribution in [0.25, 0.3) is 0 Å². The maximum absolute atomic E-state index is 11.6. The molecule has 5 heteroatoms. The number of anilines is 1. The lowest BCUT2D eigenvalue weighted by molar-refractivity contribution is -0.141. The minimum atomic E-state index is -0.413. The van der Waals surface area contributed by atoms with Gasteiger partial charge in [-0.1, -0.05) is 13.0 Å². The SMILES string of the molecule is CCC(Nc1cc(C(=O)NC)ccc1C)C(=O)OC. The number of amides is 1. The van der Waals surface area contributed by atoms with Crippen molar-refractivity contribution < 1.29 is 14.3 Å². The Labute approximate surface area is 113 Å². The van der Waals surface area contributed by atoms with Crippen LogP contribution in [0.4, 0.5) is 5.69 Å². The molecular weight excluding hydrogens is 244 g/mol. The third kappa shape index (κ3) is 3.71. The molecule has 0 radical (unpaired) electrons. The van der Waals surface area contributed by atoms with Crippen molar-refractivity contribution in [3.63, 3.8) is 0 Å². The molecule has 2 N–H and O–H groups in total. The molecule has 1 atom stereocenters. The monoisotopic (exact) mass is 264 g/mol. The molecule has 0 bridgehead atoms. The zero-order valence-electron chi connectivity index (χ0n) is 11.7. The smallest absolute Gasteiger partial charge is 0.328 e. The topological polar surface area (TPSA) is 67.4 Å². The predicted octanol–water partition coefficient (Wildman–Crippen LogP) is 1.72. The summed E-state index contributed by atoms with van der Waals surface area (Å²) < 4.78 is 4.73. The molecule has 0 aliphatic rings. The first kappa shape index (κ1) is 15.0. The van der Waals surface area contributed by atoms with Crippen molar-refractivity contribution in [1.29, 1.82) is 0 Å². The third-order valence-electron chi connectivity index (χ3n) is 2.95. The van der Waals surface area contributed by atoms with Crippen LogP contribution in [0.5, 0.6) is 0 Å². The molecule has 1 amide bonds. The number of rotatable bonds is 5. The number of carbonyl (C=O) groups is 2. The van der Waals surface area contributed by atoms with Crippen molar-refractivity contribution in [3.05, 3.63) is 29.3 Å². The maximum Gasteiger partial charge on any atom is 0.328 e. The van der Waals surface area contributed by atoms with E-state index >= 15 is 0 Å². The minimum absolute atomic E-state index is 0.158. The fraction of sp³-hybridized carbons (Fsp3) is 0.429. The van der Waals surface area contributed by atoms with Crippen LogP contribution in [-0.2, 0) is 9.53 Å². The standard InChI is InChI=1S/C14H20N2O3/c1-5-11(14(18)19-4)16-12-8-10(13(17)15-3)7-6-9(12)2/h6-8,11,16H,5H2,1-4H3,(H,15,17). The van der Waals surface area contributed by atoms with E-state index in [4.69, 9.17) is 4.74 Å². The van der Waals surface area contributed by atoms with Crippen molar-refractivity contribution in [3.8, 4) is 0 Å². The van der Waals surface area contributed by atoms with Gasteiger partial charge in [0.25, 0.3) is 5.91 Å². The van der Waals surface area contributed by atoms with Crippen LogP contribution in [-0.4, -0.2) is 32.1 Å². The van der Waals surface area contributed by atoms with Crippen LogP contribution in [0.15, 0.2) is 18.2 Å². The summed E-state index contributed by atoms with van der Waals surface area (Å²) in [6, 6.07) is 4.92. The van der Waals surface area contributed by atoms with Gasteiger partial charge in [0.05, 0.1) is 7.11 Å². The van der Waals surface area contributed by atoms with Gasteiger partial charge in [0.2, 0.25) is 0 Å². The number of hydrogen-bond donors (Lipinski definition) is 2. The third-order valence-corrected chi connectivity index (χ3v) is 2.95. The first-order chi connectivity index (χ1) is 9.03. The molecule has 5 nitrogen and oxygen atoms in total. The molecule has 1 aromatic rings. The van der Waals surface area contributed by atoms with Gasteiger partial charge >= 0.3 is 5.97 Å². The fourth-order valence-electron chi connectivity index (χ4n) is 1.72. The van der Waals surface area contributed by atoms with Crippen molar-refractivity contribution in [2.24, 2.45) is 0 Å². The molecule has 0 aromatic heterocycles. The van der Waals surface area contributed by atoms with Crippen molar-refractivity contribution in [2.75, 3.05) is 19.5 Å². The van der Waals surface area contributed by atoms with Gasteiger partial charge in [-0.15, -0.1) is 0 Å². The lowest BCUT2D eigenvalue weighted by atomic mass is 10.1. The second-order valence-corrected chi connectivity index (χ2v) is 4.24. The van der Waals surface area contributed by atoms with E-state index in [-0.39, 0.29) is 11.9 Å². The Morgan fingerprint density at radius 3 is 2.58 bits per heavy atom. The molecule has 1 unspecified atom stereocenters. The van der Waals surface area contributed by atoms with Crippen LogP contribution >= 0.6 is 0 Å². The van der Waals surface area contributed by atoms with Crippen LogP contribution in [0.1, 0.15) is 29.3 Å². The summed E-state index contributed by atoms with van der Waals surface area (Å²) >= 11 is 0. The molecule has 0 aliphatic heterocycles. The van der Waals surface area contributed by atoms with E-state index in [0.29, 0.717) is 12.0 Å². The van der Waals surface area contributed by atoms with Crippen LogP contribution < -0.4 is 10.6 Å². The summed E-state index contributed by atoms with van der Waals surface area (Å²) in [5.74, 6) is -0.471. The highest BCUT2D eigenvalue weighted by atomic mass is 16.5. The van der Waals surface area contributed by atoms with Crippen molar-refractivity contribution >= 4 is 17.6 Å². The highest BCUT2D eigenvalue weighted by molar-refractivity contribution is 5.95. The predicted molar refractivity (Wildman–Crippen MR) is 74.3 cm³/mol. The van der Waals surface area contributed by atoms with Crippen molar-refractivity contribution in [1.82, 2.24) is 5.32 Å². The molecule has 104 valence electrons. The first-order valence-corrected chi connectivity index (χ1v) is 6.20. The normalized spacial score (nSPS) is 11.6. The van der Waals surface area contributed by atoms with Gasteiger partial charge in [0.1, 0.15) is 6.04 Å². The number of ether oxygens (including phenoxy) is 1. The summed E-state index contributed by atoms with van der Waals surface area (Å²) in [7, 11) is 2.94. The molecule has 19 heavy (non-hydrogen) atoms. The molecule has 0 fully saturated rings. The Morgan fingerprint density at radius 2 is 2.05 bits per heavy atom. The summed E-state index contributed by atoms with van der Waals surface area (Å²) in [6.07, 6.45) is 0.607. The van der Waals surface area contributed by atoms with Gasteiger partial charge < -0.3 is 15.4 Å². The molecular formula is C14H20N2O3. The van der Waals surface area contributed by atoms with Gasteiger partial charge in [-0.05, 0) is 31.0 Å². The molecule has 1 rings (SSSR count). The average Bonchev–Trinajstić information content (AvgIpc) is 2.44. The van der Waals surface area contributed by atoms with Gasteiger partial charge in [-0.25, -0.2) is 4.79 Å². The van der Waals surface area contributed by atoms with E-state index in [1.807, 2.05) is 19.9 Å². The number of hydrogen-bond acceptors (Lipinski definition) is 4. The molecule has 0 spiro atoms. The Kier molecular flexibility index (Phi) is 5.36. The summed E-state index contributed by atoms with van der Waals surface area (Å²) in [5.41, 5.74) is 2.28. The van der Waals surface area contributed by atoms with E-state index in [9.17, 15) is 9.59 Å². The Hall–Kier alpha value is -2.04. The summed E-state index contributed by atoms with van der Waals surface area (Å²) in [6.45, 7) is 3.81. The number of aryl methyl sites for hydroxylation is 1. The Bertz CT molecular complexity index is 472. The van der Waals surface area contributed by atoms with E-state index in [1.165, 1.54) is 7.11 Å². The Balaban J connectivity index is 2.99. The maximum atomic E-state index is 11.6. The quantitative estimate of drug-likeness (QED) is 0.795. The number of methoxy groups -OCH3 is 1. The van der Waals surface area contributed by atoms with E-state index in [2.05, 4.69) is 10.6 Å². The number of benzene rings is 1. The second-order valence-electron chi connectivity index (χ2n) is 4.24. The zero-order valence-corrected chi connectivity index (χ0v) is 11.7. The molecule has 0 aliphatic carbocycles. The lowest BCUT2D eigenvalue weighted by Crippen LogP contribution is -2.30. The molecule has 0 saturated heterocycles. The fourth-order valence-corrected chi connectivity index (χ4v) is 1.72. The van der Waals surface area contributed by atoms with Crippen molar-refractivity contribution in [2.45, 2.75) is 26.3 Å². The average molecular weight is 264 g/mol. The lowest BCUT2D eigenvalue weighted by Gasteiger charge is -2.18. The number of nitrogens with one attached hydrogen (secondary N) is 2. The van der Waals surface area contributed by atoms with Crippen LogP contribution in [0, 0.1) is 6.92 Å². The van der Waals surface area contributed by atoms with E-state index in [0.717, 1.165) is 11.3 Å². The summed E-state index contributed by atoms with van der Waals surface area (Å²) in [4.78, 5) is 23.2. The van der Waals surface area contributed by atoms with Gasteiger partial charge in [0.15, 0.2) is 0 Å². The second kappa shape index (κ2) is 6.78. The Morgan fingerprint density at radius 1 is 1.37 bits per heavy atom. The highest BCUT2D eigenvalue weighted by Gasteiger charge is 2.17. The largest absolute Gasteiger partial charge is 0.467 e. The van der Waals surface area contributed by atoms with Gasteiger partial charge in [0, 0.05) is 18.3 Å². The van der Waals surface area contributed by atoms with Crippen LogP contribution in [0.3, 0.4) is 0 Å². The zero-order chi connectivity index (χ0) is 14.4. The molecule has 0 saturated carbocycles. The highest BCUT2D eigenvalue weighted by Crippen LogP contribution is 2.19. The summed E-state index contributed by atoms with van der Waals surface area (Å²) in [5, 5.41) is 5.68. The van der Waals surface area contributed by atoms with E-state index in [1.54, 1.807) is 19.2 Å². The van der Waals surface area contributed by atoms with Crippen LogP contribution in [0.2, 0.25) is 0 Å². The molecule has 1 aromatic carbocycles. The minimum Gasteiger partial charge on any atom is -0.467 e. The van der Waals surface area contributed by atoms with E-state index < -0.39 is 6.04 Å².